The molecule has 0 spiro atoms. The Hall–Kier alpha value is -0.300. The van der Waals surface area contributed by atoms with Crippen molar-refractivity contribution in [1.82, 2.24) is 0 Å². The van der Waals surface area contributed by atoms with Crippen LogP contribution in [-0.2, 0) is 0 Å². The summed E-state index contributed by atoms with van der Waals surface area (Å²) >= 11 is 2.27. The molecular weight excluding hydrogens is 426 g/mol. The normalized spacial score (nSPS) is 10.1. The third kappa shape index (κ3) is 3.35. The highest BCUT2D eigenvalue weighted by Crippen LogP contribution is 2.06. The van der Waals surface area contributed by atoms with Crippen molar-refractivity contribution >= 4 is 22.6 Å². The van der Waals surface area contributed by atoms with E-state index < -0.39 is 0 Å². The van der Waals surface area contributed by atoms with E-state index in [-0.39, 0.29) is 21.2 Å². The quantitative estimate of drug-likeness (QED) is 0.634. The molecule has 0 heterocycles. The molecule has 0 aromatic heterocycles. The molecular formula is C13H11I2O+. The van der Waals surface area contributed by atoms with Crippen LogP contribution in [0.15, 0.2) is 48.5 Å². The molecule has 2 rings (SSSR count). The van der Waals surface area contributed by atoms with Crippen molar-refractivity contribution in [1.29, 1.82) is 0 Å². The van der Waals surface area contributed by atoms with Crippen LogP contribution in [0.2, 0.25) is 0 Å². The Balaban J connectivity index is 2.11. The second-order valence-corrected chi connectivity index (χ2v) is 7.47. The first-order valence-electron chi connectivity index (χ1n) is 4.82. The lowest BCUT2D eigenvalue weighted by Crippen LogP contribution is -3.61. The molecule has 0 amide bonds. The van der Waals surface area contributed by atoms with Gasteiger partial charge in [-0.1, -0.05) is 0 Å². The van der Waals surface area contributed by atoms with Gasteiger partial charge >= 0.3 is 21.2 Å². The largest absolute Gasteiger partial charge is 0.497 e. The molecule has 0 aliphatic heterocycles. The van der Waals surface area contributed by atoms with E-state index in [9.17, 15) is 0 Å². The minimum atomic E-state index is -0.0611. The van der Waals surface area contributed by atoms with Gasteiger partial charge in [0, 0.05) is 3.57 Å². The Bertz CT molecular complexity index is 448. The van der Waals surface area contributed by atoms with E-state index in [0.29, 0.717) is 0 Å². The lowest BCUT2D eigenvalue weighted by Gasteiger charge is -1.95. The van der Waals surface area contributed by atoms with Gasteiger partial charge in [-0.25, -0.2) is 0 Å². The van der Waals surface area contributed by atoms with E-state index in [1.165, 1.54) is 10.7 Å². The summed E-state index contributed by atoms with van der Waals surface area (Å²) in [4.78, 5) is 0. The average Bonchev–Trinajstić information content (AvgIpc) is 2.33. The Labute approximate surface area is 120 Å². The third-order valence-corrected chi connectivity index (χ3v) is 5.47. The number of halogens is 2. The Morgan fingerprint density at radius 3 is 1.88 bits per heavy atom. The van der Waals surface area contributed by atoms with Crippen LogP contribution in [0.5, 0.6) is 5.75 Å². The summed E-state index contributed by atoms with van der Waals surface area (Å²) in [6, 6.07) is 17.1. The number of rotatable bonds is 3. The summed E-state index contributed by atoms with van der Waals surface area (Å²) in [6.45, 7) is 0. The van der Waals surface area contributed by atoms with E-state index in [0.717, 1.165) is 5.75 Å². The molecule has 0 atom stereocenters. The van der Waals surface area contributed by atoms with Gasteiger partial charge in [0.25, 0.3) is 0 Å². The maximum atomic E-state index is 5.15. The topological polar surface area (TPSA) is 9.23 Å². The average molecular weight is 437 g/mol. The first kappa shape index (κ1) is 12.2. The van der Waals surface area contributed by atoms with Crippen LogP contribution in [0.1, 0.15) is 0 Å². The van der Waals surface area contributed by atoms with E-state index in [2.05, 4.69) is 59.0 Å². The van der Waals surface area contributed by atoms with Crippen molar-refractivity contribution in [2.24, 2.45) is 0 Å². The van der Waals surface area contributed by atoms with Crippen LogP contribution in [0.4, 0.5) is 0 Å². The molecule has 0 fully saturated rings. The van der Waals surface area contributed by atoms with Gasteiger partial charge in [0.05, 0.1) is 7.11 Å². The van der Waals surface area contributed by atoms with Gasteiger partial charge in [0.1, 0.15) is 5.75 Å². The molecule has 0 aliphatic carbocycles. The predicted molar refractivity (Wildman–Crippen MR) is 69.5 cm³/mol. The van der Waals surface area contributed by atoms with E-state index in [1.54, 1.807) is 7.11 Å². The highest BCUT2D eigenvalue weighted by atomic mass is 127. The van der Waals surface area contributed by atoms with E-state index in [4.69, 9.17) is 4.74 Å². The molecule has 0 unspecified atom stereocenters. The Kier molecular flexibility index (Phi) is 4.45. The van der Waals surface area contributed by atoms with E-state index >= 15 is 0 Å². The number of ether oxygens (including phenoxy) is 1. The fourth-order valence-corrected chi connectivity index (χ4v) is 3.77. The summed E-state index contributed by atoms with van der Waals surface area (Å²) in [5, 5.41) is 0. The summed E-state index contributed by atoms with van der Waals surface area (Å²) in [5.74, 6) is 0.926. The van der Waals surface area contributed by atoms with Crippen LogP contribution in [0, 0.1) is 10.7 Å². The van der Waals surface area contributed by atoms with Crippen LogP contribution in [-0.4, -0.2) is 7.11 Å². The smallest absolute Gasteiger partial charge is 0.357 e. The second-order valence-electron chi connectivity index (χ2n) is 3.19. The van der Waals surface area contributed by atoms with E-state index in [1.807, 2.05) is 12.1 Å². The fraction of sp³-hybridized carbons (Fsp3) is 0.0769. The SMILES string of the molecule is COc1ccc([I+]c2ccc(I)cc2)cc1. The number of methoxy groups -OCH3 is 1. The lowest BCUT2D eigenvalue weighted by atomic mass is 10.3. The van der Waals surface area contributed by atoms with Gasteiger partial charge in [0.2, 0.25) is 0 Å². The zero-order valence-corrected chi connectivity index (χ0v) is 13.1. The van der Waals surface area contributed by atoms with Gasteiger partial charge < -0.3 is 4.74 Å². The van der Waals surface area contributed by atoms with Crippen molar-refractivity contribution in [2.75, 3.05) is 7.11 Å². The van der Waals surface area contributed by atoms with Gasteiger partial charge in [-0.3, -0.25) is 0 Å². The van der Waals surface area contributed by atoms with Gasteiger partial charge in [-0.05, 0) is 71.1 Å². The molecule has 0 N–H and O–H groups in total. The van der Waals surface area contributed by atoms with Crippen molar-refractivity contribution in [3.8, 4) is 5.75 Å². The standard InChI is InChI=1S/C13H11I2O/c1-16-13-8-6-12(7-9-13)15-11-4-2-10(14)3-5-11/h2-9H,1H3/q+1. The van der Waals surface area contributed by atoms with Crippen LogP contribution in [0.3, 0.4) is 0 Å². The summed E-state index contributed by atoms with van der Waals surface area (Å²) in [7, 11) is 1.70. The van der Waals surface area contributed by atoms with Gasteiger partial charge in [0.15, 0.2) is 7.14 Å². The van der Waals surface area contributed by atoms with Gasteiger partial charge in [-0.2, -0.15) is 0 Å². The summed E-state index contributed by atoms with van der Waals surface area (Å²) in [5.41, 5.74) is 0. The van der Waals surface area contributed by atoms with Crippen molar-refractivity contribution < 1.29 is 25.9 Å². The van der Waals surface area contributed by atoms with Crippen molar-refractivity contribution in [3.63, 3.8) is 0 Å². The lowest BCUT2D eigenvalue weighted by molar-refractivity contribution is -0.597. The van der Waals surface area contributed by atoms with Gasteiger partial charge in [-0.15, -0.1) is 0 Å². The molecule has 16 heavy (non-hydrogen) atoms. The zero-order valence-electron chi connectivity index (χ0n) is 8.78. The first-order valence-corrected chi connectivity index (χ1v) is 8.06. The highest BCUT2D eigenvalue weighted by Gasteiger charge is 2.14. The monoisotopic (exact) mass is 437 g/mol. The molecule has 0 saturated heterocycles. The van der Waals surface area contributed by atoms with Crippen molar-refractivity contribution in [3.05, 3.63) is 59.2 Å². The van der Waals surface area contributed by atoms with Crippen LogP contribution < -0.4 is 25.9 Å². The molecule has 2 aromatic carbocycles. The number of hydrogen-bond donors (Lipinski definition) is 0. The molecule has 1 nitrogen and oxygen atoms in total. The Morgan fingerprint density at radius 2 is 1.38 bits per heavy atom. The third-order valence-electron chi connectivity index (χ3n) is 2.07. The molecule has 3 heteroatoms. The zero-order chi connectivity index (χ0) is 11.4. The highest BCUT2D eigenvalue weighted by molar-refractivity contribution is 14.1. The predicted octanol–water partition coefficient (Wildman–Crippen LogP) is 0.428. The molecule has 2 aromatic rings. The molecule has 0 bridgehead atoms. The van der Waals surface area contributed by atoms with Crippen LogP contribution >= 0.6 is 22.6 Å². The number of hydrogen-bond acceptors (Lipinski definition) is 1. The minimum Gasteiger partial charge on any atom is -0.497 e. The minimum absolute atomic E-state index is 0.0611. The fourth-order valence-electron chi connectivity index (χ4n) is 1.25. The first-order chi connectivity index (χ1) is 7.78. The molecule has 82 valence electrons. The number of benzene rings is 2. The Morgan fingerprint density at radius 1 is 0.875 bits per heavy atom. The molecule has 0 saturated carbocycles. The molecule has 0 radical (unpaired) electrons. The molecule has 0 aliphatic rings. The summed E-state index contributed by atoms with van der Waals surface area (Å²) < 4.78 is 9.30. The maximum Gasteiger partial charge on any atom is 0.357 e. The summed E-state index contributed by atoms with van der Waals surface area (Å²) in [6.07, 6.45) is 0. The van der Waals surface area contributed by atoms with Crippen molar-refractivity contribution in [2.45, 2.75) is 0 Å². The maximum absolute atomic E-state index is 5.15. The second kappa shape index (κ2) is 5.86. The van der Waals surface area contributed by atoms with Crippen LogP contribution in [0.25, 0.3) is 0 Å².